The van der Waals surface area contributed by atoms with Crippen molar-refractivity contribution in [3.05, 3.63) is 24.3 Å². The highest BCUT2D eigenvalue weighted by Crippen LogP contribution is 2.24. The fraction of sp³-hybridized carbons (Fsp3) is 0.632. The van der Waals surface area contributed by atoms with Gasteiger partial charge in [0.1, 0.15) is 5.75 Å². The van der Waals surface area contributed by atoms with E-state index < -0.39 is 15.6 Å². The van der Waals surface area contributed by atoms with Gasteiger partial charge in [-0.2, -0.15) is 0 Å². The molecule has 0 aliphatic carbocycles. The molecule has 1 heterocycles. The van der Waals surface area contributed by atoms with Crippen LogP contribution in [0.5, 0.6) is 5.75 Å². The van der Waals surface area contributed by atoms with Crippen LogP contribution in [0.3, 0.4) is 0 Å². The van der Waals surface area contributed by atoms with Crippen LogP contribution in [-0.2, 0) is 10.0 Å². The Balaban J connectivity index is 0.00000420. The zero-order valence-electron chi connectivity index (χ0n) is 17.9. The molecule has 166 valence electrons. The average Bonchev–Trinajstić information content (AvgIpc) is 2.63. The lowest BCUT2D eigenvalue weighted by atomic mass is 10.0. The summed E-state index contributed by atoms with van der Waals surface area (Å²) in [4.78, 5) is 6.62. The lowest BCUT2D eigenvalue weighted by Gasteiger charge is -2.36. The van der Waals surface area contributed by atoms with Crippen LogP contribution in [0.4, 0.5) is 5.69 Å². The predicted molar refractivity (Wildman–Crippen MR) is 130 cm³/mol. The quantitative estimate of drug-likeness (QED) is 0.278. The number of aliphatic imine (C=N–C) groups is 1. The van der Waals surface area contributed by atoms with Crippen LogP contribution < -0.4 is 25.0 Å². The Hall–Kier alpha value is -1.27. The maximum atomic E-state index is 11.5. The monoisotopic (exact) mass is 539 g/mol. The summed E-state index contributed by atoms with van der Waals surface area (Å²) in [5.41, 5.74) is 0.525. The Morgan fingerprint density at radius 2 is 2.10 bits per heavy atom. The molecule has 1 fully saturated rings. The van der Waals surface area contributed by atoms with E-state index in [1.165, 1.54) is 0 Å². The molecule has 0 spiro atoms. The Bertz CT molecular complexity index is 786. The minimum atomic E-state index is -3.27. The van der Waals surface area contributed by atoms with Crippen molar-refractivity contribution < 1.29 is 13.2 Å². The first kappa shape index (κ1) is 25.8. The van der Waals surface area contributed by atoms with Gasteiger partial charge in [0, 0.05) is 50.0 Å². The highest BCUT2D eigenvalue weighted by atomic mass is 127. The minimum absolute atomic E-state index is 0. The second-order valence-electron chi connectivity index (χ2n) is 7.81. The Labute approximate surface area is 191 Å². The van der Waals surface area contributed by atoms with Crippen molar-refractivity contribution in [1.29, 1.82) is 0 Å². The average molecular weight is 539 g/mol. The number of hydrogen-bond donors (Lipinski definition) is 3. The number of anilines is 1. The van der Waals surface area contributed by atoms with Gasteiger partial charge in [-0.25, -0.2) is 13.1 Å². The first-order valence-corrected chi connectivity index (χ1v) is 11.4. The summed E-state index contributed by atoms with van der Waals surface area (Å²) in [7, 11) is 0.119. The largest absolute Gasteiger partial charge is 0.497 e. The summed E-state index contributed by atoms with van der Waals surface area (Å²) in [6, 6.07) is 8.34. The summed E-state index contributed by atoms with van der Waals surface area (Å²) >= 11 is 0. The SMILES string of the molecule is CN=C(NCC(C)(C)NS(C)(=O)=O)NC1CCCN(c2cccc(OC)c2)C1.I. The van der Waals surface area contributed by atoms with E-state index in [-0.39, 0.29) is 30.0 Å². The molecule has 1 aliphatic rings. The van der Waals surface area contributed by atoms with Gasteiger partial charge in [0.25, 0.3) is 0 Å². The van der Waals surface area contributed by atoms with Gasteiger partial charge in [-0.1, -0.05) is 6.07 Å². The number of benzene rings is 1. The van der Waals surface area contributed by atoms with Gasteiger partial charge in [-0.15, -0.1) is 24.0 Å². The van der Waals surface area contributed by atoms with Crippen LogP contribution >= 0.6 is 24.0 Å². The third-order valence-corrected chi connectivity index (χ3v) is 5.49. The van der Waals surface area contributed by atoms with E-state index in [0.717, 1.165) is 43.6 Å². The van der Waals surface area contributed by atoms with Crippen molar-refractivity contribution in [3.63, 3.8) is 0 Å². The minimum Gasteiger partial charge on any atom is -0.497 e. The van der Waals surface area contributed by atoms with E-state index in [1.807, 2.05) is 26.0 Å². The van der Waals surface area contributed by atoms with Crippen molar-refractivity contribution in [2.75, 3.05) is 44.9 Å². The van der Waals surface area contributed by atoms with Gasteiger partial charge < -0.3 is 20.3 Å². The Morgan fingerprint density at radius 1 is 1.38 bits per heavy atom. The summed E-state index contributed by atoms with van der Waals surface area (Å²) in [6.45, 7) is 5.95. The van der Waals surface area contributed by atoms with Crippen molar-refractivity contribution in [2.24, 2.45) is 4.99 Å². The topological polar surface area (TPSA) is 95.1 Å². The fourth-order valence-electron chi connectivity index (χ4n) is 3.37. The summed E-state index contributed by atoms with van der Waals surface area (Å²) in [5.74, 6) is 1.52. The third kappa shape index (κ3) is 8.95. The van der Waals surface area contributed by atoms with Crippen LogP contribution in [0.15, 0.2) is 29.3 Å². The van der Waals surface area contributed by atoms with Crippen molar-refractivity contribution in [1.82, 2.24) is 15.4 Å². The zero-order valence-corrected chi connectivity index (χ0v) is 21.0. The molecule has 1 unspecified atom stereocenters. The van der Waals surface area contributed by atoms with E-state index >= 15 is 0 Å². The Morgan fingerprint density at radius 3 is 2.72 bits per heavy atom. The van der Waals surface area contributed by atoms with E-state index in [1.54, 1.807) is 14.2 Å². The summed E-state index contributed by atoms with van der Waals surface area (Å²) < 4.78 is 30.9. The summed E-state index contributed by atoms with van der Waals surface area (Å²) in [5, 5.41) is 6.68. The van der Waals surface area contributed by atoms with Crippen LogP contribution in [-0.4, -0.2) is 66.0 Å². The lowest BCUT2D eigenvalue weighted by molar-refractivity contribution is 0.414. The molecule has 1 aliphatic heterocycles. The van der Waals surface area contributed by atoms with Gasteiger partial charge in [0.15, 0.2) is 5.96 Å². The molecule has 0 radical (unpaired) electrons. The molecule has 3 N–H and O–H groups in total. The number of sulfonamides is 1. The van der Waals surface area contributed by atoms with Gasteiger partial charge in [0.05, 0.1) is 13.4 Å². The number of rotatable bonds is 7. The zero-order chi connectivity index (χ0) is 20.8. The molecule has 0 saturated carbocycles. The van der Waals surface area contributed by atoms with E-state index in [2.05, 4.69) is 37.4 Å². The third-order valence-electron chi connectivity index (χ3n) is 4.56. The van der Waals surface area contributed by atoms with Crippen LogP contribution in [0.2, 0.25) is 0 Å². The second-order valence-corrected chi connectivity index (χ2v) is 9.56. The number of guanidine groups is 1. The molecule has 1 aromatic carbocycles. The number of ether oxygens (including phenoxy) is 1. The maximum absolute atomic E-state index is 11.5. The molecule has 29 heavy (non-hydrogen) atoms. The molecular weight excluding hydrogens is 505 g/mol. The number of nitrogens with zero attached hydrogens (tertiary/aromatic N) is 2. The number of nitrogens with one attached hydrogen (secondary N) is 3. The smallest absolute Gasteiger partial charge is 0.209 e. The molecule has 1 atom stereocenters. The number of piperidine rings is 1. The fourth-order valence-corrected chi connectivity index (χ4v) is 4.44. The first-order chi connectivity index (χ1) is 13.1. The van der Waals surface area contributed by atoms with Gasteiger partial charge in [-0.3, -0.25) is 4.99 Å². The van der Waals surface area contributed by atoms with E-state index in [0.29, 0.717) is 12.5 Å². The summed E-state index contributed by atoms with van der Waals surface area (Å²) in [6.07, 6.45) is 3.29. The van der Waals surface area contributed by atoms with Gasteiger partial charge >= 0.3 is 0 Å². The van der Waals surface area contributed by atoms with Crippen LogP contribution in [0, 0.1) is 0 Å². The molecule has 0 aromatic heterocycles. The number of halogens is 1. The normalized spacial score (nSPS) is 18.0. The first-order valence-electron chi connectivity index (χ1n) is 9.47. The molecule has 10 heteroatoms. The van der Waals surface area contributed by atoms with Gasteiger partial charge in [-0.05, 0) is 38.8 Å². The van der Waals surface area contributed by atoms with E-state index in [4.69, 9.17) is 4.74 Å². The van der Waals surface area contributed by atoms with Crippen molar-refractivity contribution in [3.8, 4) is 5.75 Å². The van der Waals surface area contributed by atoms with Crippen LogP contribution in [0.25, 0.3) is 0 Å². The molecular formula is C19H34IN5O3S. The van der Waals surface area contributed by atoms with Crippen molar-refractivity contribution in [2.45, 2.75) is 38.3 Å². The molecule has 0 bridgehead atoms. The van der Waals surface area contributed by atoms with Crippen LogP contribution in [0.1, 0.15) is 26.7 Å². The standard InChI is InChI=1S/C19H33N5O3S.HI/c1-19(2,23-28(5,25)26)14-21-18(20-3)22-15-8-7-11-24(13-15)16-9-6-10-17(12-16)27-4;/h6,9-10,12,15,23H,7-8,11,13-14H2,1-5H3,(H2,20,21,22);1H. The molecule has 8 nitrogen and oxygen atoms in total. The second kappa shape index (κ2) is 11.2. The molecule has 1 saturated heterocycles. The molecule has 0 amide bonds. The van der Waals surface area contributed by atoms with Crippen molar-refractivity contribution >= 4 is 45.6 Å². The highest BCUT2D eigenvalue weighted by molar-refractivity contribution is 14.0. The predicted octanol–water partition coefficient (Wildman–Crippen LogP) is 1.77. The van der Waals surface area contributed by atoms with E-state index in [9.17, 15) is 8.42 Å². The Kier molecular flexibility index (Phi) is 9.96. The number of hydrogen-bond acceptors (Lipinski definition) is 5. The lowest BCUT2D eigenvalue weighted by Crippen LogP contribution is -2.56. The highest BCUT2D eigenvalue weighted by Gasteiger charge is 2.24. The maximum Gasteiger partial charge on any atom is 0.209 e. The number of methoxy groups -OCH3 is 1. The molecule has 1 aromatic rings. The van der Waals surface area contributed by atoms with Gasteiger partial charge in [0.2, 0.25) is 10.0 Å². The molecule has 2 rings (SSSR count).